The molecule has 1 aliphatic carbocycles. The average Bonchev–Trinajstić information content (AvgIpc) is 2.87. The fraction of sp³-hybridized carbons (Fsp3) is 0.375. The van der Waals surface area contributed by atoms with Crippen LogP contribution in [-0.4, -0.2) is 9.97 Å². The van der Waals surface area contributed by atoms with Crippen molar-refractivity contribution in [2.45, 2.75) is 39.0 Å². The van der Waals surface area contributed by atoms with Crippen molar-refractivity contribution in [2.24, 2.45) is 0 Å². The molecule has 3 rings (SSSR count). The highest BCUT2D eigenvalue weighted by atomic mass is 14.9. The summed E-state index contributed by atoms with van der Waals surface area (Å²) in [4.78, 5) is 9.13. The van der Waals surface area contributed by atoms with Crippen molar-refractivity contribution in [3.8, 4) is 0 Å². The van der Waals surface area contributed by atoms with E-state index in [1.807, 2.05) is 13.1 Å². The zero-order valence-electron chi connectivity index (χ0n) is 11.3. The molecule has 0 radical (unpaired) electrons. The molecule has 98 valence electrons. The van der Waals surface area contributed by atoms with Crippen LogP contribution < -0.4 is 5.73 Å². The van der Waals surface area contributed by atoms with Crippen LogP contribution in [-0.2, 0) is 25.7 Å². The molecular formula is C16H19N3. The molecule has 1 aliphatic rings. The van der Waals surface area contributed by atoms with E-state index in [0.717, 1.165) is 42.8 Å². The van der Waals surface area contributed by atoms with Crippen molar-refractivity contribution in [1.29, 1.82) is 0 Å². The lowest BCUT2D eigenvalue weighted by molar-refractivity contribution is 0.833. The van der Waals surface area contributed by atoms with E-state index in [0.29, 0.717) is 0 Å². The molecule has 3 heteroatoms. The van der Waals surface area contributed by atoms with E-state index in [-0.39, 0.29) is 0 Å². The molecule has 3 nitrogen and oxygen atoms in total. The highest BCUT2D eigenvalue weighted by Crippen LogP contribution is 2.19. The van der Waals surface area contributed by atoms with E-state index in [4.69, 9.17) is 5.73 Å². The SMILES string of the molecule is Cc1ccc(CCc2ncc3c(n2)CCC3)cc1N. The Kier molecular flexibility index (Phi) is 3.20. The molecule has 0 aliphatic heterocycles. The number of hydrogen-bond acceptors (Lipinski definition) is 3. The van der Waals surface area contributed by atoms with E-state index < -0.39 is 0 Å². The summed E-state index contributed by atoms with van der Waals surface area (Å²) in [5.41, 5.74) is 11.8. The number of fused-ring (bicyclic) bond motifs is 1. The van der Waals surface area contributed by atoms with Crippen LogP contribution in [0.2, 0.25) is 0 Å². The summed E-state index contributed by atoms with van der Waals surface area (Å²) < 4.78 is 0. The maximum absolute atomic E-state index is 5.93. The Morgan fingerprint density at radius 2 is 2.11 bits per heavy atom. The fourth-order valence-corrected chi connectivity index (χ4v) is 2.58. The minimum Gasteiger partial charge on any atom is -0.399 e. The number of nitrogens with two attached hydrogens (primary N) is 1. The summed E-state index contributed by atoms with van der Waals surface area (Å²) in [6.45, 7) is 2.03. The predicted octanol–water partition coefficient (Wildman–Crippen LogP) is 2.64. The Bertz CT molecular complexity index is 605. The normalized spacial score (nSPS) is 13.5. The van der Waals surface area contributed by atoms with Gasteiger partial charge in [-0.25, -0.2) is 9.97 Å². The first kappa shape index (κ1) is 12.2. The van der Waals surface area contributed by atoms with Crippen molar-refractivity contribution in [1.82, 2.24) is 9.97 Å². The molecule has 0 amide bonds. The monoisotopic (exact) mass is 253 g/mol. The molecule has 0 saturated heterocycles. The fourth-order valence-electron chi connectivity index (χ4n) is 2.58. The van der Waals surface area contributed by atoms with E-state index in [1.54, 1.807) is 0 Å². The molecule has 1 aromatic carbocycles. The maximum Gasteiger partial charge on any atom is 0.128 e. The second kappa shape index (κ2) is 5.00. The molecule has 0 fully saturated rings. The van der Waals surface area contributed by atoms with Crippen LogP contribution in [0, 0.1) is 6.92 Å². The first-order valence-corrected chi connectivity index (χ1v) is 6.91. The molecular weight excluding hydrogens is 234 g/mol. The van der Waals surface area contributed by atoms with Gasteiger partial charge in [0.15, 0.2) is 0 Å². The lowest BCUT2D eigenvalue weighted by Gasteiger charge is -2.06. The van der Waals surface area contributed by atoms with Gasteiger partial charge in [-0.3, -0.25) is 0 Å². The molecule has 0 bridgehead atoms. The summed E-state index contributed by atoms with van der Waals surface area (Å²) in [5, 5.41) is 0. The first-order chi connectivity index (χ1) is 9.22. The zero-order valence-corrected chi connectivity index (χ0v) is 11.3. The molecule has 19 heavy (non-hydrogen) atoms. The maximum atomic E-state index is 5.93. The van der Waals surface area contributed by atoms with Gasteiger partial charge in [-0.15, -0.1) is 0 Å². The largest absolute Gasteiger partial charge is 0.399 e. The van der Waals surface area contributed by atoms with Crippen LogP contribution in [0.1, 0.15) is 34.6 Å². The third-order valence-corrected chi connectivity index (χ3v) is 3.84. The quantitative estimate of drug-likeness (QED) is 0.855. The summed E-state index contributed by atoms with van der Waals surface area (Å²) in [6.07, 6.45) is 7.32. The van der Waals surface area contributed by atoms with Crippen molar-refractivity contribution < 1.29 is 0 Å². The Balaban J connectivity index is 1.70. The lowest BCUT2D eigenvalue weighted by atomic mass is 10.1. The van der Waals surface area contributed by atoms with Gasteiger partial charge in [-0.05, 0) is 55.4 Å². The zero-order chi connectivity index (χ0) is 13.2. The molecule has 2 aromatic rings. The van der Waals surface area contributed by atoms with E-state index in [9.17, 15) is 0 Å². The van der Waals surface area contributed by atoms with Crippen LogP contribution in [0.15, 0.2) is 24.4 Å². The Morgan fingerprint density at radius 3 is 2.95 bits per heavy atom. The van der Waals surface area contributed by atoms with E-state index in [2.05, 4.69) is 28.2 Å². The molecule has 2 N–H and O–H groups in total. The first-order valence-electron chi connectivity index (χ1n) is 6.91. The second-order valence-corrected chi connectivity index (χ2v) is 5.30. The smallest absolute Gasteiger partial charge is 0.128 e. The number of anilines is 1. The van der Waals surface area contributed by atoms with Gasteiger partial charge < -0.3 is 5.73 Å². The number of aromatic nitrogens is 2. The summed E-state index contributed by atoms with van der Waals surface area (Å²) >= 11 is 0. The van der Waals surface area contributed by atoms with Gasteiger partial charge in [0.05, 0.1) is 0 Å². The number of benzene rings is 1. The second-order valence-electron chi connectivity index (χ2n) is 5.30. The molecule has 1 heterocycles. The van der Waals surface area contributed by atoms with E-state index in [1.165, 1.54) is 23.2 Å². The van der Waals surface area contributed by atoms with Gasteiger partial charge in [-0.2, -0.15) is 0 Å². The highest BCUT2D eigenvalue weighted by Gasteiger charge is 2.13. The van der Waals surface area contributed by atoms with Crippen LogP contribution in [0.5, 0.6) is 0 Å². The van der Waals surface area contributed by atoms with Crippen LogP contribution in [0.25, 0.3) is 0 Å². The van der Waals surface area contributed by atoms with Gasteiger partial charge in [0.2, 0.25) is 0 Å². The van der Waals surface area contributed by atoms with Crippen molar-refractivity contribution in [2.75, 3.05) is 5.73 Å². The molecule has 0 unspecified atom stereocenters. The van der Waals surface area contributed by atoms with Gasteiger partial charge in [-0.1, -0.05) is 12.1 Å². The molecule has 0 atom stereocenters. The van der Waals surface area contributed by atoms with Crippen LogP contribution >= 0.6 is 0 Å². The molecule has 1 aromatic heterocycles. The Labute approximate surface area is 113 Å². The van der Waals surface area contributed by atoms with Gasteiger partial charge in [0.25, 0.3) is 0 Å². The molecule has 0 saturated carbocycles. The highest BCUT2D eigenvalue weighted by molar-refractivity contribution is 5.48. The standard InChI is InChI=1S/C16H19N3/c1-11-5-6-12(9-14(11)17)7-8-16-18-10-13-3-2-4-15(13)19-16/h5-6,9-10H,2-4,7-8,17H2,1H3. The van der Waals surface area contributed by atoms with Crippen molar-refractivity contribution in [3.63, 3.8) is 0 Å². The third-order valence-electron chi connectivity index (χ3n) is 3.84. The lowest BCUT2D eigenvalue weighted by Crippen LogP contribution is -2.02. The minimum atomic E-state index is 0.868. The Morgan fingerprint density at radius 1 is 1.21 bits per heavy atom. The summed E-state index contributed by atoms with van der Waals surface area (Å²) in [7, 11) is 0. The van der Waals surface area contributed by atoms with E-state index >= 15 is 0 Å². The summed E-state index contributed by atoms with van der Waals surface area (Å²) in [5.74, 6) is 0.958. The average molecular weight is 253 g/mol. The predicted molar refractivity (Wildman–Crippen MR) is 77.1 cm³/mol. The third kappa shape index (κ3) is 2.60. The van der Waals surface area contributed by atoms with Gasteiger partial charge in [0, 0.05) is 24.0 Å². The topological polar surface area (TPSA) is 51.8 Å². The van der Waals surface area contributed by atoms with Crippen molar-refractivity contribution >= 4 is 5.69 Å². The van der Waals surface area contributed by atoms with Crippen LogP contribution in [0.4, 0.5) is 5.69 Å². The Hall–Kier alpha value is -1.90. The summed E-state index contributed by atoms with van der Waals surface area (Å²) in [6, 6.07) is 6.27. The van der Waals surface area contributed by atoms with Gasteiger partial charge in [0.1, 0.15) is 5.82 Å². The number of nitrogens with zero attached hydrogens (tertiary/aromatic N) is 2. The number of aryl methyl sites for hydroxylation is 5. The van der Waals surface area contributed by atoms with Crippen LogP contribution in [0.3, 0.4) is 0 Å². The minimum absolute atomic E-state index is 0.868. The number of nitrogen functional groups attached to an aromatic ring is 1. The number of rotatable bonds is 3. The van der Waals surface area contributed by atoms with Crippen molar-refractivity contribution in [3.05, 3.63) is 52.6 Å². The molecule has 0 spiro atoms. The number of hydrogen-bond donors (Lipinski definition) is 1. The van der Waals surface area contributed by atoms with Gasteiger partial charge >= 0.3 is 0 Å².